The number of benzene rings is 1. The highest BCUT2D eigenvalue weighted by Crippen LogP contribution is 2.12. The molecular formula is C49H82N5O10+3. The van der Waals surface area contributed by atoms with Crippen molar-refractivity contribution < 1.29 is 61.8 Å². The molecule has 0 aliphatic rings. The van der Waals surface area contributed by atoms with E-state index in [0.29, 0.717) is 69.6 Å². The molecule has 4 N–H and O–H groups in total. The lowest BCUT2D eigenvalue weighted by Crippen LogP contribution is -2.48. The molecule has 360 valence electrons. The Morgan fingerprint density at radius 3 is 1.30 bits per heavy atom. The lowest BCUT2D eigenvalue weighted by Gasteiger charge is -2.31. The van der Waals surface area contributed by atoms with Crippen LogP contribution in [0.1, 0.15) is 58.6 Å². The van der Waals surface area contributed by atoms with Gasteiger partial charge in [0.15, 0.2) is 0 Å². The molecule has 0 bridgehead atoms. The topological polar surface area (TPSA) is 178 Å². The predicted octanol–water partition coefficient (Wildman–Crippen LogP) is 4.28. The van der Waals surface area contributed by atoms with Gasteiger partial charge in [0.1, 0.15) is 58.2 Å². The number of quaternary nitrogens is 3. The second kappa shape index (κ2) is 30.8. The van der Waals surface area contributed by atoms with Crippen molar-refractivity contribution in [3.63, 3.8) is 0 Å². The van der Waals surface area contributed by atoms with Crippen molar-refractivity contribution in [3.05, 3.63) is 103 Å². The average molecular weight is 901 g/mol. The molecule has 0 radical (unpaired) electrons. The normalized spacial score (nSPS) is 12.0. The number of esters is 3. The Kier molecular flexibility index (Phi) is 29.3. The molecule has 0 fully saturated rings. The molecule has 0 saturated heterocycles. The van der Waals surface area contributed by atoms with Crippen LogP contribution >= 0.6 is 0 Å². The molecule has 0 heterocycles. The maximum absolute atomic E-state index is 11.4. The molecule has 1 aromatic carbocycles. The van der Waals surface area contributed by atoms with E-state index in [0.717, 1.165) is 42.5 Å². The Bertz CT molecular complexity index is 1750. The third-order valence-electron chi connectivity index (χ3n) is 9.25. The number of hydrogen-bond donors (Lipinski definition) is 4. The monoisotopic (exact) mass is 901 g/mol. The van der Waals surface area contributed by atoms with Crippen molar-refractivity contribution in [1.82, 2.24) is 10.6 Å². The van der Waals surface area contributed by atoms with Crippen LogP contribution < -0.4 is 10.6 Å². The van der Waals surface area contributed by atoms with Gasteiger partial charge < -0.3 is 48.5 Å². The number of nitrogens with zero attached hydrogens (tertiary/aromatic N) is 3. The van der Waals surface area contributed by atoms with Crippen LogP contribution in [0.25, 0.3) is 6.08 Å². The van der Waals surface area contributed by atoms with Gasteiger partial charge in [-0.15, -0.1) is 0 Å². The van der Waals surface area contributed by atoms with E-state index in [1.54, 1.807) is 34.6 Å². The third-order valence-corrected chi connectivity index (χ3v) is 9.25. The van der Waals surface area contributed by atoms with Crippen LogP contribution in [-0.2, 0) is 44.7 Å². The number of ether oxygens (including phenoxy) is 3. The van der Waals surface area contributed by atoms with E-state index in [-0.39, 0.29) is 31.6 Å². The molecule has 0 saturated carbocycles. The molecule has 2 amide bonds. The summed E-state index contributed by atoms with van der Waals surface area (Å²) >= 11 is 0. The largest absolute Gasteiger partial charge is 0.459 e. The van der Waals surface area contributed by atoms with Crippen LogP contribution in [0.5, 0.6) is 0 Å². The molecule has 15 nitrogen and oxygen atoms in total. The summed E-state index contributed by atoms with van der Waals surface area (Å²) in [7, 11) is 12.1. The summed E-state index contributed by atoms with van der Waals surface area (Å²) in [6.07, 6.45) is 2.07. The van der Waals surface area contributed by atoms with Gasteiger partial charge in [-0.3, -0.25) is 9.59 Å². The number of likely N-dealkylation sites (N-methyl/N-ethyl adjacent to an activating group) is 2. The average Bonchev–Trinajstić information content (AvgIpc) is 3.18. The summed E-state index contributed by atoms with van der Waals surface area (Å²) in [5.74, 6) is -1.63. The van der Waals surface area contributed by atoms with Crippen molar-refractivity contribution in [2.24, 2.45) is 0 Å². The number of nitrogens with one attached hydrogen (secondary N) is 2. The third kappa shape index (κ3) is 31.6. The summed E-state index contributed by atoms with van der Waals surface area (Å²) in [6, 6.07) is 8.49. The SMILES string of the molecule is C=C(C)C(=O)NCCC[N+](C)(C)CC(O)COC(=O)C(=C)C.C=C(C)C(=O)OCC[N+](C)(C)CC(O)COC(=O)C(=C)C.C=Cc1ccc(C[N+](C)(C)CCCNC(=O)C(=C)C)cc1. The molecule has 0 aromatic heterocycles. The van der Waals surface area contributed by atoms with E-state index < -0.39 is 30.1 Å². The summed E-state index contributed by atoms with van der Waals surface area (Å²) in [4.78, 5) is 56.5. The number of carbonyl (C=O) groups excluding carboxylic acids is 5. The van der Waals surface area contributed by atoms with Gasteiger partial charge in [-0.2, -0.15) is 0 Å². The van der Waals surface area contributed by atoms with E-state index in [9.17, 15) is 34.2 Å². The molecule has 2 unspecified atom stereocenters. The Morgan fingerprint density at radius 1 is 0.578 bits per heavy atom. The van der Waals surface area contributed by atoms with Gasteiger partial charge in [0.25, 0.3) is 0 Å². The summed E-state index contributed by atoms with van der Waals surface area (Å²) in [5.41, 5.74) is 4.47. The van der Waals surface area contributed by atoms with Gasteiger partial charge in [0.2, 0.25) is 11.8 Å². The summed E-state index contributed by atoms with van der Waals surface area (Å²) in [5, 5.41) is 25.4. The van der Waals surface area contributed by atoms with Gasteiger partial charge in [-0.1, -0.05) is 69.8 Å². The molecule has 0 spiro atoms. The maximum atomic E-state index is 11.4. The molecule has 1 aromatic rings. The minimum Gasteiger partial charge on any atom is -0.459 e. The van der Waals surface area contributed by atoms with Crippen LogP contribution in [-0.4, -0.2) is 174 Å². The Hall–Kier alpha value is -5.19. The highest BCUT2D eigenvalue weighted by Gasteiger charge is 2.24. The minimum absolute atomic E-state index is 0.0419. The second-order valence-corrected chi connectivity index (χ2v) is 18.2. The van der Waals surface area contributed by atoms with Crippen LogP contribution in [0.3, 0.4) is 0 Å². The van der Waals surface area contributed by atoms with Gasteiger partial charge >= 0.3 is 17.9 Å². The van der Waals surface area contributed by atoms with Crippen molar-refractivity contribution in [1.29, 1.82) is 0 Å². The minimum atomic E-state index is -0.792. The number of carbonyl (C=O) groups is 5. The van der Waals surface area contributed by atoms with Gasteiger partial charge in [-0.25, -0.2) is 14.4 Å². The Labute approximate surface area is 384 Å². The lowest BCUT2D eigenvalue weighted by molar-refractivity contribution is -0.903. The Morgan fingerprint density at radius 2 is 0.938 bits per heavy atom. The first-order valence-corrected chi connectivity index (χ1v) is 21.3. The van der Waals surface area contributed by atoms with Gasteiger partial charge in [-0.05, 0) is 40.2 Å². The highest BCUT2D eigenvalue weighted by atomic mass is 16.5. The lowest BCUT2D eigenvalue weighted by atomic mass is 10.1. The zero-order valence-corrected chi connectivity index (χ0v) is 41.0. The van der Waals surface area contributed by atoms with Crippen LogP contribution in [0, 0.1) is 0 Å². The summed E-state index contributed by atoms with van der Waals surface area (Å²) < 4.78 is 16.7. The van der Waals surface area contributed by atoms with Gasteiger partial charge in [0.05, 0.1) is 55.4 Å². The van der Waals surface area contributed by atoms with Crippen molar-refractivity contribution >= 4 is 35.8 Å². The van der Waals surface area contributed by atoms with E-state index in [1.165, 1.54) is 5.56 Å². The number of hydrogen-bond acceptors (Lipinski definition) is 10. The van der Waals surface area contributed by atoms with Crippen molar-refractivity contribution in [3.8, 4) is 0 Å². The fourth-order valence-electron chi connectivity index (χ4n) is 5.58. The van der Waals surface area contributed by atoms with Crippen molar-refractivity contribution in [2.75, 3.05) is 108 Å². The molecule has 1 rings (SSSR count). The number of aliphatic hydroxyl groups is 2. The second-order valence-electron chi connectivity index (χ2n) is 18.2. The molecule has 0 aliphatic heterocycles. The predicted molar refractivity (Wildman–Crippen MR) is 255 cm³/mol. The van der Waals surface area contributed by atoms with E-state index >= 15 is 0 Å². The fraction of sp³-hybridized carbons (Fsp3) is 0.531. The zero-order chi connectivity index (χ0) is 49.8. The van der Waals surface area contributed by atoms with E-state index in [4.69, 9.17) is 14.2 Å². The number of rotatable bonds is 27. The van der Waals surface area contributed by atoms with Gasteiger partial charge in [0, 0.05) is 59.4 Å². The zero-order valence-electron chi connectivity index (χ0n) is 41.0. The number of aliphatic hydroxyl groups excluding tert-OH is 2. The first kappa shape index (κ1) is 60.9. The summed E-state index contributed by atoms with van der Waals surface area (Å²) in [6.45, 7) is 35.0. The molecule has 15 heteroatoms. The maximum Gasteiger partial charge on any atom is 0.333 e. The number of amides is 2. The van der Waals surface area contributed by atoms with Crippen LogP contribution in [0.15, 0.2) is 91.6 Å². The molecule has 2 atom stereocenters. The van der Waals surface area contributed by atoms with E-state index in [2.05, 4.69) is 88.5 Å². The van der Waals surface area contributed by atoms with Crippen LogP contribution in [0.2, 0.25) is 0 Å². The van der Waals surface area contributed by atoms with Crippen molar-refractivity contribution in [2.45, 2.75) is 66.2 Å². The molecule has 64 heavy (non-hydrogen) atoms. The van der Waals surface area contributed by atoms with E-state index in [1.807, 2.05) is 34.3 Å². The fourth-order valence-corrected chi connectivity index (χ4v) is 5.58. The molecular weight excluding hydrogens is 819 g/mol. The standard InChI is InChI=1S/C18H26N2O.C16H28N2O4.C15H26NO5/c1-6-16-8-10-17(11-9-16)14-20(4,5)13-7-12-19-18(21)15(2)3;1-12(2)15(20)17-8-7-9-18(5,6)10-14(19)11-22-16(21)13(3)4;1-11(2)14(18)20-8-7-16(5,6)9-13(17)10-21-15(19)12(3)4/h6,8-11H,1-2,7,12-14H2,3-5H3;14,19H,1,3,7-11H2,2,4-6H3;13,17H,1,3,7-10H2,2,4-6H3/q;;+1/p+2. The molecule has 0 aliphatic carbocycles. The smallest absolute Gasteiger partial charge is 0.333 e. The first-order valence-electron chi connectivity index (χ1n) is 21.3. The quantitative estimate of drug-likeness (QED) is 0.0328. The highest BCUT2D eigenvalue weighted by molar-refractivity contribution is 5.92. The van der Waals surface area contributed by atoms with Crippen LogP contribution in [0.4, 0.5) is 0 Å². The first-order chi connectivity index (χ1) is 29.4. The Balaban J connectivity index is 0.